The van der Waals surface area contributed by atoms with Crippen LogP contribution in [0.15, 0.2) is 0 Å². The van der Waals surface area contributed by atoms with Gasteiger partial charge < -0.3 is 154 Å². The normalized spacial score (nSPS) is 51.0. The van der Waals surface area contributed by atoms with Crippen LogP contribution in [0.1, 0.15) is 12.8 Å². The van der Waals surface area contributed by atoms with Gasteiger partial charge in [0.15, 0.2) is 37.7 Å². The van der Waals surface area contributed by atoms with E-state index in [9.17, 15) is 96.4 Å². The van der Waals surface area contributed by atoms with E-state index in [-0.39, 0.29) is 0 Å². The van der Waals surface area contributed by atoms with Crippen molar-refractivity contribution in [1.82, 2.24) is 5.32 Å². The summed E-state index contributed by atoms with van der Waals surface area (Å²) < 4.78 is 68.6. The molecule has 0 aromatic rings. The molecule has 19 N–H and O–H groups in total. The van der Waals surface area contributed by atoms with Crippen LogP contribution in [0.25, 0.3) is 0 Å². The van der Waals surface area contributed by atoms with Crippen LogP contribution in [0.4, 0.5) is 0 Å². The third kappa shape index (κ3) is 12.2. The first kappa shape index (κ1) is 58.5. The Bertz CT molecular complexity index is 1760. The van der Waals surface area contributed by atoms with Gasteiger partial charge in [0.2, 0.25) is 5.91 Å². The van der Waals surface area contributed by atoms with Crippen molar-refractivity contribution in [3.63, 3.8) is 0 Å². The zero-order valence-corrected chi connectivity index (χ0v) is 38.2. The lowest BCUT2D eigenvalue weighted by Crippen LogP contribution is -2.69. The molecule has 22 saturated heterocycles. The lowest BCUT2D eigenvalue weighted by molar-refractivity contribution is -0.403. The zero-order chi connectivity index (χ0) is 53.3. The number of carbonyl (C=O) groups excluding carboxylic acids is 1. The number of carboxylic acid groups (broad SMARTS) is 1. The summed E-state index contributed by atoms with van der Waals surface area (Å²) in [5, 5.41) is 199. The van der Waals surface area contributed by atoms with Gasteiger partial charge in [0.1, 0.15) is 146 Å². The molecular formula is C40H65NO32. The van der Waals surface area contributed by atoms with Crippen LogP contribution < -0.4 is 5.32 Å². The van der Waals surface area contributed by atoms with E-state index in [4.69, 9.17) is 61.9 Å². The van der Waals surface area contributed by atoms with Gasteiger partial charge in [-0.1, -0.05) is 0 Å². The molecule has 0 aliphatic carbocycles. The van der Waals surface area contributed by atoms with Gasteiger partial charge in [-0.2, -0.15) is 0 Å². The monoisotopic (exact) mass is 1070 g/mol. The molecule has 0 unspecified atom stereocenters. The minimum atomic E-state index is -2.24. The standard InChI is InChI=1S/C40H65NO32/c42-4-10-30-19(52)25(58)37(64-10)71-32-12(6-44)66-39(27(60)21(32)54)73-34-14(8-46)67-40(28(61)22(34)55)72-33-13(7-45)65-38(26(59)20(33)53)70-31-11(5-43)63-36(24(57)18(31)51)68-29-9(3-41-15(47)1-2-16(48)49)62-35(69-30)23(56)17(29)50/h9-14,17-40,42-46,50-61H,1-8H2,(H,41,47)(H,48,49)/t9-,10-,11-,12-,13-,14-,17-,18-,19-,20-,21-,22-,23-,24-,25-,26-,27-,28-,29-,30-,31-,32-,33-,34-,35-,36-,37-,38-,39-,40-/m1/s1. The third-order valence-corrected chi connectivity index (χ3v) is 13.6. The highest BCUT2D eigenvalue weighted by atomic mass is 16.8. The highest BCUT2D eigenvalue weighted by molar-refractivity contribution is 5.80. The highest BCUT2D eigenvalue weighted by Crippen LogP contribution is 2.38. The molecule has 0 radical (unpaired) electrons. The maximum atomic E-state index is 12.7. The number of hydrogen-bond donors (Lipinski definition) is 19. The molecule has 33 heteroatoms. The number of aliphatic carboxylic acids is 1. The highest BCUT2D eigenvalue weighted by Gasteiger charge is 2.58. The molecule has 0 aromatic carbocycles. The van der Waals surface area contributed by atoms with E-state index in [1.54, 1.807) is 0 Å². The summed E-state index contributed by atoms with van der Waals surface area (Å²) in [6, 6.07) is 0. The molecule has 22 aliphatic heterocycles. The number of carbonyl (C=O) groups is 2. The van der Waals surface area contributed by atoms with Crippen molar-refractivity contribution in [2.45, 2.75) is 197 Å². The number of amides is 1. The lowest BCUT2D eigenvalue weighted by atomic mass is 9.94. The minimum Gasteiger partial charge on any atom is -0.481 e. The first-order valence-corrected chi connectivity index (χ1v) is 23.2. The molecule has 73 heavy (non-hydrogen) atoms. The van der Waals surface area contributed by atoms with Gasteiger partial charge in [-0.05, 0) is 0 Å². The number of aliphatic hydroxyl groups is 17. The Kier molecular flexibility index (Phi) is 20.1. The van der Waals surface area contributed by atoms with Gasteiger partial charge in [-0.25, -0.2) is 0 Å². The molecule has 0 saturated carbocycles. The molecule has 1 amide bonds. The van der Waals surface area contributed by atoms with Crippen LogP contribution in [0.5, 0.6) is 0 Å². The summed E-state index contributed by atoms with van der Waals surface area (Å²) in [5.41, 5.74) is 0. The van der Waals surface area contributed by atoms with Gasteiger partial charge >= 0.3 is 5.97 Å². The molecule has 33 nitrogen and oxygen atoms in total. The van der Waals surface area contributed by atoms with Crippen LogP contribution in [0, 0.1) is 0 Å². The van der Waals surface area contributed by atoms with Gasteiger partial charge in [0.25, 0.3) is 0 Å². The summed E-state index contributed by atoms with van der Waals surface area (Å²) in [7, 11) is 0. The molecule has 422 valence electrons. The molecule has 22 aliphatic rings. The second-order valence-corrected chi connectivity index (χ2v) is 18.4. The molecule has 12 bridgehead atoms. The van der Waals surface area contributed by atoms with E-state index in [0.717, 1.165) is 0 Å². The Balaban J connectivity index is 1.21. The number of aliphatic hydroxyl groups excluding tert-OH is 17. The average molecular weight is 1070 g/mol. The van der Waals surface area contributed by atoms with Gasteiger partial charge in [0.05, 0.1) is 39.5 Å². The van der Waals surface area contributed by atoms with Crippen molar-refractivity contribution in [1.29, 1.82) is 0 Å². The van der Waals surface area contributed by atoms with Gasteiger partial charge in [-0.3, -0.25) is 9.59 Å². The molecule has 22 fully saturated rings. The third-order valence-electron chi connectivity index (χ3n) is 13.6. The number of nitrogens with one attached hydrogen (secondary N) is 1. The first-order chi connectivity index (χ1) is 34.7. The predicted molar refractivity (Wildman–Crippen MR) is 219 cm³/mol. The van der Waals surface area contributed by atoms with Gasteiger partial charge in [0, 0.05) is 13.0 Å². The second kappa shape index (κ2) is 25.1. The van der Waals surface area contributed by atoms with E-state index in [1.807, 2.05) is 0 Å². The maximum absolute atomic E-state index is 12.7. The van der Waals surface area contributed by atoms with Crippen LogP contribution in [0.3, 0.4) is 0 Å². The Morgan fingerprint density at radius 3 is 0.712 bits per heavy atom. The summed E-state index contributed by atoms with van der Waals surface area (Å²) >= 11 is 0. The Labute approximate surface area is 411 Å². The summed E-state index contributed by atoms with van der Waals surface area (Å²) in [4.78, 5) is 23.8. The molecule has 30 atom stereocenters. The van der Waals surface area contributed by atoms with Gasteiger partial charge in [-0.15, -0.1) is 0 Å². The fourth-order valence-corrected chi connectivity index (χ4v) is 9.47. The van der Waals surface area contributed by atoms with E-state index >= 15 is 0 Å². The molecule has 22 rings (SSSR count). The first-order valence-electron chi connectivity index (χ1n) is 23.2. The smallest absolute Gasteiger partial charge is 0.303 e. The van der Waals surface area contributed by atoms with E-state index in [0.29, 0.717) is 0 Å². The predicted octanol–water partition coefficient (Wildman–Crippen LogP) is -13.1. The number of carboxylic acids is 1. The van der Waals surface area contributed by atoms with E-state index in [2.05, 4.69) is 5.32 Å². The summed E-state index contributed by atoms with van der Waals surface area (Å²) in [6.07, 6.45) is -61.4. The van der Waals surface area contributed by atoms with Crippen LogP contribution >= 0.6 is 0 Å². The number of ether oxygens (including phenoxy) is 12. The van der Waals surface area contributed by atoms with Crippen molar-refractivity contribution < 1.29 is 158 Å². The Morgan fingerprint density at radius 1 is 0.301 bits per heavy atom. The molecule has 0 aromatic heterocycles. The summed E-state index contributed by atoms with van der Waals surface area (Å²) in [5.74, 6) is -2.21. The number of hydrogen-bond acceptors (Lipinski definition) is 31. The minimum absolute atomic E-state index is 0.562. The molecular weight excluding hydrogens is 1010 g/mol. The lowest BCUT2D eigenvalue weighted by Gasteiger charge is -2.50. The molecule has 0 spiro atoms. The van der Waals surface area contributed by atoms with Crippen LogP contribution in [0.2, 0.25) is 0 Å². The zero-order valence-electron chi connectivity index (χ0n) is 38.2. The summed E-state index contributed by atoms with van der Waals surface area (Å²) in [6.45, 7) is -5.89. The largest absolute Gasteiger partial charge is 0.481 e. The molecule has 22 heterocycles. The topological polar surface area (TPSA) is 521 Å². The van der Waals surface area contributed by atoms with Crippen molar-refractivity contribution in [3.8, 4) is 0 Å². The van der Waals surface area contributed by atoms with E-state index < -0.39 is 249 Å². The Hall–Kier alpha value is -2.22. The second-order valence-electron chi connectivity index (χ2n) is 18.4. The fourth-order valence-electron chi connectivity index (χ4n) is 9.47. The van der Waals surface area contributed by atoms with Crippen molar-refractivity contribution in [2.75, 3.05) is 39.6 Å². The van der Waals surface area contributed by atoms with E-state index in [1.165, 1.54) is 0 Å². The van der Waals surface area contributed by atoms with Crippen molar-refractivity contribution in [2.24, 2.45) is 0 Å². The Morgan fingerprint density at radius 2 is 0.507 bits per heavy atom. The van der Waals surface area contributed by atoms with Crippen LogP contribution in [-0.2, 0) is 66.4 Å². The SMILES string of the molecule is O=C(O)CCC(=O)NC[C@H]1O[C@@H]2O[C@H]3[C@H](O)[C@@H](O)[C@@H](O[C@H]4[C@H](O)[C@@H](O)[C@@H](O[C@H]5[C@H](O)[C@@H](O)[C@@H](O[C@H]6[C@H](O)[C@@H](O)[C@@H](O[C@H]7[C@H](O)[C@@H](O)[C@@H](O[C@H]1[C@H](O)[C@H]2O)O[C@@H]7CO)O[C@@H]6CO)O[C@@H]5CO)O[C@@H]4CO)O[C@@H]3CO. The maximum Gasteiger partial charge on any atom is 0.303 e. The van der Waals surface area contributed by atoms with Crippen molar-refractivity contribution >= 4 is 11.9 Å². The average Bonchev–Trinajstić information content (AvgIpc) is 3.37. The fraction of sp³-hybridized carbons (Fsp3) is 0.950. The van der Waals surface area contributed by atoms with Crippen LogP contribution in [-0.4, -0.2) is 328 Å². The number of rotatable bonds is 10. The van der Waals surface area contributed by atoms with Crippen molar-refractivity contribution in [3.05, 3.63) is 0 Å². The quantitative estimate of drug-likeness (QED) is 0.0966.